The molecule has 0 spiro atoms. The van der Waals surface area contributed by atoms with Crippen LogP contribution in [0.1, 0.15) is 39.0 Å². The highest BCUT2D eigenvalue weighted by Gasteiger charge is 2.32. The van der Waals surface area contributed by atoms with Crippen molar-refractivity contribution in [2.45, 2.75) is 51.1 Å². The third-order valence-electron chi connectivity index (χ3n) is 4.43. The highest BCUT2D eigenvalue weighted by atomic mass is 32.2. The summed E-state index contributed by atoms with van der Waals surface area (Å²) in [7, 11) is -1.28. The first-order valence-corrected chi connectivity index (χ1v) is 9.66. The minimum Gasteiger partial charge on any atom is -0.315 e. The smallest absolute Gasteiger partial charge is 0.279 e. The van der Waals surface area contributed by atoms with Gasteiger partial charge in [0.2, 0.25) is 0 Å². The van der Waals surface area contributed by atoms with Crippen LogP contribution < -0.4 is 10.0 Å². The molecule has 7 heteroatoms. The van der Waals surface area contributed by atoms with Crippen molar-refractivity contribution in [1.29, 1.82) is 0 Å². The summed E-state index contributed by atoms with van der Waals surface area (Å²) >= 11 is 0. The number of hydrogen-bond acceptors (Lipinski definition) is 4. The van der Waals surface area contributed by atoms with Crippen LogP contribution in [0.5, 0.6) is 0 Å². The first-order chi connectivity index (χ1) is 10.0. The Kier molecular flexibility index (Phi) is 6.43. The van der Waals surface area contributed by atoms with Crippen LogP contribution in [-0.4, -0.2) is 69.5 Å². The molecular weight excluding hydrogens is 288 g/mol. The van der Waals surface area contributed by atoms with Crippen LogP contribution in [0.25, 0.3) is 0 Å². The van der Waals surface area contributed by atoms with Crippen molar-refractivity contribution in [3.63, 3.8) is 0 Å². The number of hydrogen-bond donors (Lipinski definition) is 2. The summed E-state index contributed by atoms with van der Waals surface area (Å²) in [5, 5.41) is 3.28. The molecule has 6 nitrogen and oxygen atoms in total. The first kappa shape index (κ1) is 17.1. The average molecular weight is 318 g/mol. The summed E-state index contributed by atoms with van der Waals surface area (Å²) in [6.45, 7) is 5.61. The Morgan fingerprint density at radius 3 is 2.67 bits per heavy atom. The van der Waals surface area contributed by atoms with Gasteiger partial charge in [0.1, 0.15) is 0 Å². The largest absolute Gasteiger partial charge is 0.315 e. The monoisotopic (exact) mass is 318 g/mol. The number of nitrogens with one attached hydrogen (secondary N) is 2. The van der Waals surface area contributed by atoms with Gasteiger partial charge in [-0.2, -0.15) is 12.7 Å². The van der Waals surface area contributed by atoms with Gasteiger partial charge in [-0.1, -0.05) is 13.3 Å². The first-order valence-electron chi connectivity index (χ1n) is 8.22. The SMILES string of the molecule is CCNCC1CCCCN1S(=O)(=O)NCCN(C)C1CC1. The van der Waals surface area contributed by atoms with Gasteiger partial charge in [-0.15, -0.1) is 0 Å². The van der Waals surface area contributed by atoms with Crippen molar-refractivity contribution >= 4 is 10.2 Å². The zero-order chi connectivity index (χ0) is 15.3. The molecule has 1 aliphatic carbocycles. The fourth-order valence-electron chi connectivity index (χ4n) is 2.94. The Bertz CT molecular complexity index is 411. The molecule has 0 aromatic carbocycles. The molecular formula is C14H30N4O2S. The van der Waals surface area contributed by atoms with E-state index in [1.807, 2.05) is 6.92 Å². The molecule has 0 bridgehead atoms. The second-order valence-corrected chi connectivity index (χ2v) is 7.89. The van der Waals surface area contributed by atoms with Gasteiger partial charge < -0.3 is 10.2 Å². The fraction of sp³-hybridized carbons (Fsp3) is 1.00. The summed E-state index contributed by atoms with van der Waals surface area (Å²) in [5.74, 6) is 0. The van der Waals surface area contributed by atoms with Crippen LogP contribution in [0.3, 0.4) is 0 Å². The summed E-state index contributed by atoms with van der Waals surface area (Å²) in [6, 6.07) is 0.767. The molecule has 21 heavy (non-hydrogen) atoms. The van der Waals surface area contributed by atoms with Gasteiger partial charge in [0.25, 0.3) is 10.2 Å². The maximum absolute atomic E-state index is 12.5. The lowest BCUT2D eigenvalue weighted by molar-refractivity contribution is 0.242. The lowest BCUT2D eigenvalue weighted by Gasteiger charge is -2.34. The Balaban J connectivity index is 1.82. The minimum atomic E-state index is -3.35. The molecule has 124 valence electrons. The van der Waals surface area contributed by atoms with E-state index in [0.29, 0.717) is 19.1 Å². The second-order valence-electron chi connectivity index (χ2n) is 6.18. The van der Waals surface area contributed by atoms with Crippen LogP contribution in [-0.2, 0) is 10.2 Å². The maximum atomic E-state index is 12.5. The van der Waals surface area contributed by atoms with E-state index in [1.165, 1.54) is 12.8 Å². The van der Waals surface area contributed by atoms with Crippen molar-refractivity contribution in [3.8, 4) is 0 Å². The quantitative estimate of drug-likeness (QED) is 0.645. The zero-order valence-electron chi connectivity index (χ0n) is 13.3. The third-order valence-corrected chi connectivity index (χ3v) is 6.10. The molecule has 1 unspecified atom stereocenters. The highest BCUT2D eigenvalue weighted by molar-refractivity contribution is 7.87. The van der Waals surface area contributed by atoms with Gasteiger partial charge in [0, 0.05) is 38.3 Å². The third kappa shape index (κ3) is 5.17. The van der Waals surface area contributed by atoms with E-state index in [2.05, 4.69) is 22.0 Å². The number of nitrogens with zero attached hydrogens (tertiary/aromatic N) is 2. The van der Waals surface area contributed by atoms with E-state index in [9.17, 15) is 8.42 Å². The van der Waals surface area contributed by atoms with Crippen molar-refractivity contribution in [2.24, 2.45) is 0 Å². The molecule has 2 aliphatic rings. The Morgan fingerprint density at radius 1 is 1.24 bits per heavy atom. The van der Waals surface area contributed by atoms with Gasteiger partial charge in [-0.3, -0.25) is 0 Å². The van der Waals surface area contributed by atoms with E-state index in [-0.39, 0.29) is 6.04 Å². The summed E-state index contributed by atoms with van der Waals surface area (Å²) in [5.41, 5.74) is 0. The number of piperidine rings is 1. The van der Waals surface area contributed by atoms with Gasteiger partial charge in [-0.25, -0.2) is 4.72 Å². The fourth-order valence-corrected chi connectivity index (χ4v) is 4.39. The molecule has 0 aromatic rings. The van der Waals surface area contributed by atoms with Gasteiger partial charge in [0.15, 0.2) is 0 Å². The summed E-state index contributed by atoms with van der Waals surface area (Å²) in [6.07, 6.45) is 5.54. The Labute approximate surface area is 129 Å². The topological polar surface area (TPSA) is 64.7 Å². The second kappa shape index (κ2) is 7.87. The van der Waals surface area contributed by atoms with E-state index in [1.54, 1.807) is 4.31 Å². The normalized spacial score (nSPS) is 24.6. The molecule has 2 rings (SSSR count). The lowest BCUT2D eigenvalue weighted by Crippen LogP contribution is -2.53. The summed E-state index contributed by atoms with van der Waals surface area (Å²) in [4.78, 5) is 2.24. The lowest BCUT2D eigenvalue weighted by atomic mass is 10.1. The van der Waals surface area contributed by atoms with Crippen molar-refractivity contribution in [3.05, 3.63) is 0 Å². The van der Waals surface area contributed by atoms with Crippen LogP contribution in [0.2, 0.25) is 0 Å². The predicted octanol–water partition coefficient (Wildman–Crippen LogP) is 0.379. The Hall–Kier alpha value is -0.210. The molecule has 1 saturated heterocycles. The van der Waals surface area contributed by atoms with E-state index < -0.39 is 10.2 Å². The van der Waals surface area contributed by atoms with Crippen molar-refractivity contribution < 1.29 is 8.42 Å². The minimum absolute atomic E-state index is 0.0948. The molecule has 1 atom stereocenters. The zero-order valence-corrected chi connectivity index (χ0v) is 14.2. The van der Waals surface area contributed by atoms with E-state index in [0.717, 1.165) is 38.9 Å². The molecule has 2 N–H and O–H groups in total. The molecule has 2 fully saturated rings. The highest BCUT2D eigenvalue weighted by Crippen LogP contribution is 2.24. The van der Waals surface area contributed by atoms with Crippen LogP contribution in [0.4, 0.5) is 0 Å². The van der Waals surface area contributed by atoms with Gasteiger partial charge in [-0.05, 0) is 39.3 Å². The van der Waals surface area contributed by atoms with Crippen LogP contribution in [0, 0.1) is 0 Å². The van der Waals surface area contributed by atoms with Gasteiger partial charge in [0.05, 0.1) is 0 Å². The molecule has 0 radical (unpaired) electrons. The van der Waals surface area contributed by atoms with Gasteiger partial charge >= 0.3 is 0 Å². The molecule has 0 amide bonds. The predicted molar refractivity (Wildman–Crippen MR) is 85.5 cm³/mol. The van der Waals surface area contributed by atoms with Crippen molar-refractivity contribution in [2.75, 3.05) is 39.8 Å². The summed E-state index contributed by atoms with van der Waals surface area (Å²) < 4.78 is 29.4. The van der Waals surface area contributed by atoms with Crippen molar-refractivity contribution in [1.82, 2.24) is 19.2 Å². The average Bonchev–Trinajstić information content (AvgIpc) is 3.29. The maximum Gasteiger partial charge on any atom is 0.279 e. The molecule has 1 aliphatic heterocycles. The molecule has 0 aromatic heterocycles. The van der Waals surface area contributed by atoms with E-state index >= 15 is 0 Å². The number of rotatable bonds is 9. The standard InChI is InChI=1S/C14H30N4O2S/c1-3-15-12-14-6-4-5-10-18(14)21(19,20)16-9-11-17(2)13-7-8-13/h13-16H,3-12H2,1-2H3. The Morgan fingerprint density at radius 2 is 2.00 bits per heavy atom. The number of likely N-dealkylation sites (N-methyl/N-ethyl adjacent to an activating group) is 2. The van der Waals surface area contributed by atoms with E-state index in [4.69, 9.17) is 0 Å². The van der Waals surface area contributed by atoms with Crippen LogP contribution in [0.15, 0.2) is 0 Å². The molecule has 1 saturated carbocycles. The molecule has 1 heterocycles. The van der Waals surface area contributed by atoms with Crippen LogP contribution >= 0.6 is 0 Å².